The normalized spacial score (nSPS) is 17.6. The van der Waals surface area contributed by atoms with E-state index in [1.165, 1.54) is 25.4 Å². The van der Waals surface area contributed by atoms with Crippen molar-refractivity contribution >= 4 is 14.2 Å². The Morgan fingerprint density at radius 2 is 1.67 bits per heavy atom. The molecule has 0 aliphatic heterocycles. The molecule has 200 valence electrons. The van der Waals surface area contributed by atoms with E-state index in [1.807, 2.05) is 56.6 Å². The van der Waals surface area contributed by atoms with Crippen molar-refractivity contribution in [1.29, 1.82) is 0 Å². The van der Waals surface area contributed by atoms with Crippen molar-refractivity contribution < 1.29 is 4.39 Å². The van der Waals surface area contributed by atoms with Gasteiger partial charge in [-0.2, -0.15) is 0 Å². The van der Waals surface area contributed by atoms with Crippen molar-refractivity contribution in [3.63, 3.8) is 0 Å². The summed E-state index contributed by atoms with van der Waals surface area (Å²) in [6.07, 6.45) is 11.2. The van der Waals surface area contributed by atoms with Gasteiger partial charge in [0.1, 0.15) is 5.83 Å². The number of hydrogen-bond acceptors (Lipinski definition) is 4. The quantitative estimate of drug-likeness (QED) is 0.295. The van der Waals surface area contributed by atoms with Gasteiger partial charge in [0, 0.05) is 30.2 Å². The predicted octanol–water partition coefficient (Wildman–Crippen LogP) is 7.57. The summed E-state index contributed by atoms with van der Waals surface area (Å²) in [5, 5.41) is 0. The van der Waals surface area contributed by atoms with Gasteiger partial charge in [-0.15, -0.1) is 8.58 Å². The van der Waals surface area contributed by atoms with E-state index < -0.39 is 0 Å². The van der Waals surface area contributed by atoms with Crippen LogP contribution in [0.15, 0.2) is 78.4 Å². The Bertz CT molecular complexity index is 913. The summed E-state index contributed by atoms with van der Waals surface area (Å²) in [5.74, 6) is 0.992. The molecule has 0 fully saturated rings. The fraction of sp³-hybridized carbons (Fsp3) is 0.467. The van der Waals surface area contributed by atoms with E-state index in [9.17, 15) is 4.39 Å². The maximum atomic E-state index is 14.1. The zero-order chi connectivity index (χ0) is 27.5. The average molecular weight is 515 g/mol. The summed E-state index contributed by atoms with van der Waals surface area (Å²) in [5.41, 5.74) is 14.0. The lowest BCUT2D eigenvalue weighted by molar-refractivity contribution is 0.323. The molecule has 0 spiro atoms. The Morgan fingerprint density at radius 1 is 1.06 bits per heavy atom. The van der Waals surface area contributed by atoms with E-state index in [2.05, 4.69) is 67.1 Å². The molecule has 1 aliphatic carbocycles. The highest BCUT2D eigenvalue weighted by molar-refractivity contribution is 7.37. The van der Waals surface area contributed by atoms with Crippen molar-refractivity contribution in [1.82, 2.24) is 9.97 Å². The summed E-state index contributed by atoms with van der Waals surface area (Å²) >= 11 is 0. The molecule has 5 unspecified atom stereocenters. The van der Waals surface area contributed by atoms with Crippen LogP contribution in [0.25, 0.3) is 5.57 Å². The van der Waals surface area contributed by atoms with Crippen LogP contribution < -0.4 is 11.5 Å². The third kappa shape index (κ3) is 10.8. The zero-order valence-electron chi connectivity index (χ0n) is 23.5. The van der Waals surface area contributed by atoms with Crippen LogP contribution in [0, 0.1) is 17.8 Å². The molecule has 1 aliphatic rings. The Kier molecular flexibility index (Phi) is 18.7. The van der Waals surface area contributed by atoms with Gasteiger partial charge in [-0.25, -0.2) is 4.39 Å². The van der Waals surface area contributed by atoms with Gasteiger partial charge in [-0.1, -0.05) is 51.5 Å². The lowest BCUT2D eigenvalue weighted by Crippen LogP contribution is -2.24. The fourth-order valence-electron chi connectivity index (χ4n) is 4.21. The smallest absolute Gasteiger partial charge is 0.101 e. The summed E-state index contributed by atoms with van der Waals surface area (Å²) in [6.45, 7) is 12.9. The van der Waals surface area contributed by atoms with Gasteiger partial charge in [-0.05, 0) is 93.8 Å². The van der Waals surface area contributed by atoms with Crippen LogP contribution in [0.1, 0.15) is 64.5 Å². The molecule has 0 radical (unpaired) electrons. The zero-order valence-corrected chi connectivity index (χ0v) is 24.5. The number of allylic oxidation sites excluding steroid dienone is 6. The van der Waals surface area contributed by atoms with Crippen molar-refractivity contribution in [2.45, 2.75) is 53.1 Å². The Morgan fingerprint density at radius 3 is 2.14 bits per heavy atom. The van der Waals surface area contributed by atoms with E-state index in [4.69, 9.17) is 0 Å². The van der Waals surface area contributed by atoms with Crippen molar-refractivity contribution in [2.75, 3.05) is 20.8 Å². The summed E-state index contributed by atoms with van der Waals surface area (Å²) in [6, 6.07) is 12.0. The van der Waals surface area contributed by atoms with Gasteiger partial charge < -0.3 is 11.5 Å². The number of rotatable bonds is 7. The standard InChI is InChI=1S/C20H26FN.C8H12NP.2CH5N/c1-5-9-17(14(3)6-2)18-13-16(21)12-15(4)20(18)19-10-7-8-11-22-19;1-7(10-2)8-5-3-4-6-9-8;2*1-2/h5,7-12,14,17-18H,6,13H2,1-4H3;3-7,10H,1-2H3;2*2H2,1H3. The molecule has 0 aromatic carbocycles. The molecule has 3 rings (SSSR count). The van der Waals surface area contributed by atoms with E-state index in [0.717, 1.165) is 26.3 Å². The van der Waals surface area contributed by atoms with Crippen LogP contribution in [0.4, 0.5) is 4.39 Å². The maximum absolute atomic E-state index is 14.1. The first-order chi connectivity index (χ1) is 17.4. The lowest BCUT2D eigenvalue weighted by Gasteiger charge is -2.34. The second-order valence-corrected chi connectivity index (χ2v) is 9.91. The molecule has 2 heterocycles. The topological polar surface area (TPSA) is 77.8 Å². The van der Waals surface area contributed by atoms with Crippen LogP contribution in [0.3, 0.4) is 0 Å². The number of pyridine rings is 2. The molecular weight excluding hydrogens is 466 g/mol. The minimum atomic E-state index is -0.0139. The number of nitrogens with zero attached hydrogens (tertiary/aromatic N) is 2. The predicted molar refractivity (Wildman–Crippen MR) is 159 cm³/mol. The molecule has 6 heteroatoms. The molecule has 4 N–H and O–H groups in total. The van der Waals surface area contributed by atoms with Crippen molar-refractivity contribution in [2.24, 2.45) is 29.2 Å². The number of halogens is 1. The molecule has 36 heavy (non-hydrogen) atoms. The summed E-state index contributed by atoms with van der Waals surface area (Å²) in [4.78, 5) is 8.78. The van der Waals surface area contributed by atoms with Gasteiger partial charge in [-0.3, -0.25) is 9.97 Å². The van der Waals surface area contributed by atoms with E-state index in [1.54, 1.807) is 6.08 Å². The summed E-state index contributed by atoms with van der Waals surface area (Å²) in [7, 11) is 3.95. The minimum absolute atomic E-state index is 0.0139. The second-order valence-electron chi connectivity index (χ2n) is 8.47. The number of hydrogen-bond donors (Lipinski definition) is 2. The molecule has 5 atom stereocenters. The highest BCUT2D eigenvalue weighted by atomic mass is 31.1. The van der Waals surface area contributed by atoms with Crippen LogP contribution >= 0.6 is 8.58 Å². The van der Waals surface area contributed by atoms with Crippen LogP contribution in [0.2, 0.25) is 0 Å². The molecule has 2 aromatic rings. The van der Waals surface area contributed by atoms with E-state index >= 15 is 0 Å². The number of aromatic nitrogens is 2. The first-order valence-electron chi connectivity index (χ1n) is 12.8. The third-order valence-corrected chi connectivity index (χ3v) is 7.43. The summed E-state index contributed by atoms with van der Waals surface area (Å²) < 4.78 is 14.1. The van der Waals surface area contributed by atoms with Crippen LogP contribution in [-0.2, 0) is 0 Å². The molecule has 2 aromatic heterocycles. The SMILES string of the molecule is CC=CC(C(C)CC)C1CC(F)=CC(C)=C1c1ccccn1.CN.CN.CPC(C)c1ccccn1. The molecular formula is C30H48FN4P. The first kappa shape index (κ1) is 33.8. The monoisotopic (exact) mass is 514 g/mol. The highest BCUT2D eigenvalue weighted by Crippen LogP contribution is 2.43. The van der Waals surface area contributed by atoms with Gasteiger partial charge >= 0.3 is 0 Å². The Balaban J connectivity index is 0.000000730. The van der Waals surface area contributed by atoms with Gasteiger partial charge in [0.2, 0.25) is 0 Å². The Labute approximate surface area is 221 Å². The lowest BCUT2D eigenvalue weighted by atomic mass is 9.71. The van der Waals surface area contributed by atoms with Gasteiger partial charge in [0.05, 0.1) is 5.69 Å². The molecule has 0 saturated carbocycles. The fourth-order valence-corrected chi connectivity index (χ4v) is 4.68. The van der Waals surface area contributed by atoms with Gasteiger partial charge in [0.15, 0.2) is 0 Å². The highest BCUT2D eigenvalue weighted by Gasteiger charge is 2.32. The average Bonchev–Trinajstić information content (AvgIpc) is 2.94. The Hall–Kier alpha value is -2.20. The largest absolute Gasteiger partial charge is 0.333 e. The van der Waals surface area contributed by atoms with E-state index in [-0.39, 0.29) is 11.7 Å². The number of nitrogens with two attached hydrogens (primary N) is 2. The van der Waals surface area contributed by atoms with Gasteiger partial charge in [0.25, 0.3) is 0 Å². The minimum Gasteiger partial charge on any atom is -0.333 e. The second kappa shape index (κ2) is 19.9. The molecule has 0 amide bonds. The van der Waals surface area contributed by atoms with Crippen LogP contribution in [-0.4, -0.2) is 30.7 Å². The van der Waals surface area contributed by atoms with Crippen LogP contribution in [0.5, 0.6) is 0 Å². The molecule has 0 saturated heterocycles. The third-order valence-electron chi connectivity index (χ3n) is 6.27. The molecule has 4 nitrogen and oxygen atoms in total. The molecule has 0 bridgehead atoms. The van der Waals surface area contributed by atoms with E-state index in [0.29, 0.717) is 23.9 Å². The maximum Gasteiger partial charge on any atom is 0.101 e. The van der Waals surface area contributed by atoms with Crippen molar-refractivity contribution in [3.8, 4) is 0 Å². The van der Waals surface area contributed by atoms with Crippen molar-refractivity contribution in [3.05, 3.63) is 89.8 Å². The first-order valence-corrected chi connectivity index (χ1v) is 14.3.